The first-order chi connectivity index (χ1) is 8.54. The number of pyridine rings is 1. The molecule has 0 spiro atoms. The Labute approximate surface area is 104 Å². The van der Waals surface area contributed by atoms with Crippen molar-refractivity contribution in [2.24, 2.45) is 5.73 Å². The number of aliphatic hydroxyl groups is 1. The molecule has 7 nitrogen and oxygen atoms in total. The fourth-order valence-corrected chi connectivity index (χ4v) is 1.28. The summed E-state index contributed by atoms with van der Waals surface area (Å²) in [4.78, 5) is 25.9. The Morgan fingerprint density at radius 1 is 1.50 bits per heavy atom. The normalized spacial score (nSPS) is 11.9. The van der Waals surface area contributed by atoms with Crippen LogP contribution in [0.25, 0.3) is 0 Å². The molecular formula is C11H15N3O4. The van der Waals surface area contributed by atoms with E-state index >= 15 is 0 Å². The van der Waals surface area contributed by atoms with Gasteiger partial charge in [-0.25, -0.2) is 4.79 Å². The Bertz CT molecular complexity index is 436. The van der Waals surface area contributed by atoms with Crippen molar-refractivity contribution in [3.05, 3.63) is 29.6 Å². The molecule has 0 aliphatic carbocycles. The van der Waals surface area contributed by atoms with Crippen molar-refractivity contribution >= 4 is 11.9 Å². The smallest absolute Gasteiger partial charge is 0.332 e. The van der Waals surface area contributed by atoms with Crippen LogP contribution in [0.5, 0.6) is 0 Å². The standard InChI is InChI=1S/C11H15N3O4/c12-6-8-5-7(1-3-13-8)10(16)14-4-2-9(15)11(17)18/h1,3,5,9,15H,2,4,6,12H2,(H,14,16)(H,17,18)/t9-/m0/s1. The Hall–Kier alpha value is -1.99. The van der Waals surface area contributed by atoms with Crippen molar-refractivity contribution in [3.63, 3.8) is 0 Å². The molecule has 1 atom stereocenters. The molecule has 0 aliphatic heterocycles. The lowest BCUT2D eigenvalue weighted by atomic mass is 10.2. The van der Waals surface area contributed by atoms with E-state index in [1.54, 1.807) is 6.07 Å². The zero-order chi connectivity index (χ0) is 13.5. The van der Waals surface area contributed by atoms with Gasteiger partial charge in [0.2, 0.25) is 0 Å². The number of rotatable bonds is 6. The van der Waals surface area contributed by atoms with Crippen LogP contribution in [0.3, 0.4) is 0 Å². The van der Waals surface area contributed by atoms with Crippen molar-refractivity contribution in [1.29, 1.82) is 0 Å². The van der Waals surface area contributed by atoms with Gasteiger partial charge in [-0.3, -0.25) is 9.78 Å². The number of carbonyl (C=O) groups is 2. The van der Waals surface area contributed by atoms with Gasteiger partial charge < -0.3 is 21.3 Å². The fourth-order valence-electron chi connectivity index (χ4n) is 1.28. The lowest BCUT2D eigenvalue weighted by molar-refractivity contribution is -0.146. The minimum atomic E-state index is -1.47. The van der Waals surface area contributed by atoms with Crippen LogP contribution >= 0.6 is 0 Å². The molecule has 0 radical (unpaired) electrons. The van der Waals surface area contributed by atoms with Gasteiger partial charge in [-0.2, -0.15) is 0 Å². The molecule has 1 aromatic heterocycles. The van der Waals surface area contributed by atoms with Gasteiger partial charge in [0, 0.05) is 31.3 Å². The van der Waals surface area contributed by atoms with E-state index in [0.29, 0.717) is 11.3 Å². The average Bonchev–Trinajstić information content (AvgIpc) is 2.38. The van der Waals surface area contributed by atoms with Gasteiger partial charge in [0.15, 0.2) is 6.10 Å². The summed E-state index contributed by atoms with van der Waals surface area (Å²) in [5.41, 5.74) is 6.39. The number of nitrogens with two attached hydrogens (primary N) is 1. The summed E-state index contributed by atoms with van der Waals surface area (Å²) >= 11 is 0. The van der Waals surface area contributed by atoms with Crippen molar-refractivity contribution in [3.8, 4) is 0 Å². The van der Waals surface area contributed by atoms with Crippen LogP contribution in [0.2, 0.25) is 0 Å². The van der Waals surface area contributed by atoms with Gasteiger partial charge in [-0.15, -0.1) is 0 Å². The molecule has 1 amide bonds. The van der Waals surface area contributed by atoms with E-state index in [1.165, 1.54) is 12.3 Å². The summed E-state index contributed by atoms with van der Waals surface area (Å²) < 4.78 is 0. The predicted octanol–water partition coefficient (Wildman–Crippen LogP) is -0.894. The first kappa shape index (κ1) is 14.1. The van der Waals surface area contributed by atoms with Gasteiger partial charge in [-0.05, 0) is 12.1 Å². The van der Waals surface area contributed by atoms with Crippen LogP contribution in [-0.2, 0) is 11.3 Å². The van der Waals surface area contributed by atoms with E-state index in [-0.39, 0.29) is 25.4 Å². The lowest BCUT2D eigenvalue weighted by Gasteiger charge is -2.07. The molecule has 0 aromatic carbocycles. The third-order valence-corrected chi connectivity index (χ3v) is 2.28. The quantitative estimate of drug-likeness (QED) is 0.521. The molecule has 5 N–H and O–H groups in total. The first-order valence-corrected chi connectivity index (χ1v) is 5.38. The minimum Gasteiger partial charge on any atom is -0.479 e. The SMILES string of the molecule is NCc1cc(C(=O)NCC[C@H](O)C(=O)O)ccn1. The van der Waals surface area contributed by atoms with Crippen molar-refractivity contribution < 1.29 is 19.8 Å². The summed E-state index contributed by atoms with van der Waals surface area (Å²) in [7, 11) is 0. The molecule has 0 bridgehead atoms. The summed E-state index contributed by atoms with van der Waals surface area (Å²) in [5.74, 6) is -1.66. The highest BCUT2D eigenvalue weighted by Gasteiger charge is 2.13. The van der Waals surface area contributed by atoms with Crippen LogP contribution in [-0.4, -0.2) is 39.7 Å². The van der Waals surface area contributed by atoms with Gasteiger partial charge >= 0.3 is 5.97 Å². The molecule has 1 rings (SSSR count). The number of aliphatic carboxylic acids is 1. The van der Waals surface area contributed by atoms with Crippen LogP contribution in [0, 0.1) is 0 Å². The molecule has 0 saturated heterocycles. The summed E-state index contributed by atoms with van der Waals surface area (Å²) in [6, 6.07) is 3.09. The fraction of sp³-hybridized carbons (Fsp3) is 0.364. The van der Waals surface area contributed by atoms with E-state index in [2.05, 4.69) is 10.3 Å². The Kier molecular flexibility index (Phi) is 5.22. The average molecular weight is 253 g/mol. The molecule has 0 unspecified atom stereocenters. The number of aromatic nitrogens is 1. The highest BCUT2D eigenvalue weighted by molar-refractivity contribution is 5.94. The largest absolute Gasteiger partial charge is 0.479 e. The number of carbonyl (C=O) groups excluding carboxylic acids is 1. The molecule has 1 heterocycles. The summed E-state index contributed by atoms with van der Waals surface area (Å²) in [5, 5.41) is 20.0. The van der Waals surface area contributed by atoms with E-state index in [1.807, 2.05) is 0 Å². The maximum Gasteiger partial charge on any atom is 0.332 e. The van der Waals surface area contributed by atoms with Crippen molar-refractivity contribution in [2.45, 2.75) is 19.1 Å². The van der Waals surface area contributed by atoms with Crippen LogP contribution in [0.4, 0.5) is 0 Å². The number of hydrogen-bond acceptors (Lipinski definition) is 5. The number of nitrogens with one attached hydrogen (secondary N) is 1. The number of aliphatic hydroxyl groups excluding tert-OH is 1. The molecule has 98 valence electrons. The third-order valence-electron chi connectivity index (χ3n) is 2.28. The van der Waals surface area contributed by atoms with Gasteiger partial charge in [-0.1, -0.05) is 0 Å². The molecular weight excluding hydrogens is 238 g/mol. The van der Waals surface area contributed by atoms with E-state index in [0.717, 1.165) is 0 Å². The molecule has 1 aromatic rings. The second-order valence-corrected chi connectivity index (χ2v) is 3.64. The highest BCUT2D eigenvalue weighted by Crippen LogP contribution is 2.01. The zero-order valence-corrected chi connectivity index (χ0v) is 9.67. The van der Waals surface area contributed by atoms with Gasteiger partial charge in [0.05, 0.1) is 5.69 Å². The van der Waals surface area contributed by atoms with Crippen molar-refractivity contribution in [2.75, 3.05) is 6.54 Å². The van der Waals surface area contributed by atoms with Crippen LogP contribution < -0.4 is 11.1 Å². The maximum absolute atomic E-state index is 11.7. The van der Waals surface area contributed by atoms with E-state index in [4.69, 9.17) is 15.9 Å². The van der Waals surface area contributed by atoms with Crippen molar-refractivity contribution in [1.82, 2.24) is 10.3 Å². The number of carboxylic acid groups (broad SMARTS) is 1. The molecule has 7 heteroatoms. The third kappa shape index (κ3) is 4.11. The minimum absolute atomic E-state index is 0.0457. The van der Waals surface area contributed by atoms with E-state index < -0.39 is 12.1 Å². The Morgan fingerprint density at radius 3 is 2.83 bits per heavy atom. The highest BCUT2D eigenvalue weighted by atomic mass is 16.4. The second-order valence-electron chi connectivity index (χ2n) is 3.64. The molecule has 0 fully saturated rings. The molecule has 18 heavy (non-hydrogen) atoms. The number of nitrogens with zero attached hydrogens (tertiary/aromatic N) is 1. The number of hydrogen-bond donors (Lipinski definition) is 4. The molecule has 0 aliphatic rings. The lowest BCUT2D eigenvalue weighted by Crippen LogP contribution is -2.30. The van der Waals surface area contributed by atoms with Crippen LogP contribution in [0.1, 0.15) is 22.5 Å². The first-order valence-electron chi connectivity index (χ1n) is 5.38. The van der Waals surface area contributed by atoms with Gasteiger partial charge in [0.1, 0.15) is 0 Å². The predicted molar refractivity (Wildman–Crippen MR) is 62.7 cm³/mol. The maximum atomic E-state index is 11.7. The second kappa shape index (κ2) is 6.67. The molecule has 0 saturated carbocycles. The Balaban J connectivity index is 2.47. The zero-order valence-electron chi connectivity index (χ0n) is 9.67. The van der Waals surface area contributed by atoms with Crippen LogP contribution in [0.15, 0.2) is 18.3 Å². The van der Waals surface area contributed by atoms with E-state index in [9.17, 15) is 9.59 Å². The monoisotopic (exact) mass is 253 g/mol. The van der Waals surface area contributed by atoms with Gasteiger partial charge in [0.25, 0.3) is 5.91 Å². The number of amides is 1. The number of carboxylic acids is 1. The summed E-state index contributed by atoms with van der Waals surface area (Å²) in [6.07, 6.45) is -0.0404. The summed E-state index contributed by atoms with van der Waals surface area (Å²) in [6.45, 7) is 0.311. The topological polar surface area (TPSA) is 126 Å². The Morgan fingerprint density at radius 2 is 2.22 bits per heavy atom.